The van der Waals surface area contributed by atoms with Gasteiger partial charge in [0.05, 0.1) is 27.3 Å². The van der Waals surface area contributed by atoms with Gasteiger partial charge in [-0.1, -0.05) is 23.7 Å². The average molecular weight is 310 g/mol. The van der Waals surface area contributed by atoms with Crippen molar-refractivity contribution in [2.24, 2.45) is 0 Å². The SMILES string of the molecule is Nc1ccc(OCCCS(=O)c2ccccc2Cl)cc1. The molecule has 0 aliphatic heterocycles. The Kier molecular flexibility index (Phi) is 5.44. The van der Waals surface area contributed by atoms with Crippen LogP contribution in [-0.2, 0) is 10.8 Å². The second-order valence-electron chi connectivity index (χ2n) is 4.25. The molecule has 0 aliphatic rings. The lowest BCUT2D eigenvalue weighted by molar-refractivity contribution is 0.318. The first-order valence-electron chi connectivity index (χ1n) is 6.28. The third-order valence-electron chi connectivity index (χ3n) is 2.70. The Hall–Kier alpha value is -1.52. The number of benzene rings is 2. The van der Waals surface area contributed by atoms with Gasteiger partial charge in [0.1, 0.15) is 5.75 Å². The first-order chi connectivity index (χ1) is 9.66. The van der Waals surface area contributed by atoms with Crippen molar-refractivity contribution < 1.29 is 8.95 Å². The van der Waals surface area contributed by atoms with E-state index in [4.69, 9.17) is 22.1 Å². The van der Waals surface area contributed by atoms with Gasteiger partial charge in [-0.3, -0.25) is 4.21 Å². The van der Waals surface area contributed by atoms with Crippen molar-refractivity contribution in [1.29, 1.82) is 0 Å². The molecule has 106 valence electrons. The smallest absolute Gasteiger partial charge is 0.119 e. The van der Waals surface area contributed by atoms with Crippen LogP contribution in [0.25, 0.3) is 0 Å². The van der Waals surface area contributed by atoms with Crippen molar-refractivity contribution >= 4 is 28.1 Å². The van der Waals surface area contributed by atoms with E-state index in [0.29, 0.717) is 34.4 Å². The van der Waals surface area contributed by atoms with Crippen LogP contribution in [0.3, 0.4) is 0 Å². The Labute approximate surface area is 126 Å². The van der Waals surface area contributed by atoms with E-state index in [1.165, 1.54) is 0 Å². The van der Waals surface area contributed by atoms with Gasteiger partial charge in [-0.05, 0) is 42.8 Å². The molecular formula is C15H16ClNO2S. The minimum absolute atomic E-state index is 0.514. The number of ether oxygens (including phenoxy) is 1. The zero-order chi connectivity index (χ0) is 14.4. The molecule has 0 aliphatic carbocycles. The Morgan fingerprint density at radius 1 is 1.10 bits per heavy atom. The van der Waals surface area contributed by atoms with E-state index in [-0.39, 0.29) is 0 Å². The maximum atomic E-state index is 12.1. The van der Waals surface area contributed by atoms with Crippen LogP contribution >= 0.6 is 11.6 Å². The van der Waals surface area contributed by atoms with E-state index in [0.717, 1.165) is 5.75 Å². The predicted octanol–water partition coefficient (Wildman–Crippen LogP) is 3.50. The number of anilines is 1. The van der Waals surface area contributed by atoms with E-state index in [1.54, 1.807) is 24.3 Å². The zero-order valence-electron chi connectivity index (χ0n) is 10.9. The first kappa shape index (κ1) is 14.9. The lowest BCUT2D eigenvalue weighted by Gasteiger charge is -2.07. The molecule has 0 fully saturated rings. The van der Waals surface area contributed by atoms with Gasteiger partial charge < -0.3 is 10.5 Å². The fraction of sp³-hybridized carbons (Fsp3) is 0.200. The average Bonchev–Trinajstić information content (AvgIpc) is 2.46. The van der Waals surface area contributed by atoms with E-state index in [1.807, 2.05) is 24.3 Å². The third kappa shape index (κ3) is 4.25. The molecule has 2 N–H and O–H groups in total. The Balaban J connectivity index is 1.77. The highest BCUT2D eigenvalue weighted by Gasteiger charge is 2.07. The van der Waals surface area contributed by atoms with Crippen molar-refractivity contribution in [2.75, 3.05) is 18.1 Å². The highest BCUT2D eigenvalue weighted by atomic mass is 35.5. The summed E-state index contributed by atoms with van der Waals surface area (Å²) in [5.74, 6) is 1.29. The lowest BCUT2D eigenvalue weighted by atomic mass is 10.3. The number of nitrogen functional groups attached to an aromatic ring is 1. The molecule has 0 aromatic heterocycles. The molecule has 2 rings (SSSR count). The fourth-order valence-electron chi connectivity index (χ4n) is 1.68. The van der Waals surface area contributed by atoms with Crippen LogP contribution in [0.5, 0.6) is 5.75 Å². The standard InChI is InChI=1S/C15H16ClNO2S/c16-14-4-1-2-5-15(14)20(18)11-3-10-19-13-8-6-12(17)7-9-13/h1-2,4-9H,3,10-11,17H2. The molecule has 0 spiro atoms. The van der Waals surface area contributed by atoms with Crippen LogP contribution in [0, 0.1) is 0 Å². The summed E-state index contributed by atoms with van der Waals surface area (Å²) in [4.78, 5) is 0.682. The normalized spacial score (nSPS) is 12.1. The van der Waals surface area contributed by atoms with Gasteiger partial charge in [0.2, 0.25) is 0 Å². The minimum atomic E-state index is -1.09. The number of hydrogen-bond donors (Lipinski definition) is 1. The largest absolute Gasteiger partial charge is 0.494 e. The summed E-state index contributed by atoms with van der Waals surface area (Å²) in [6, 6.07) is 14.4. The number of halogens is 1. The van der Waals surface area contributed by atoms with Gasteiger partial charge >= 0.3 is 0 Å². The van der Waals surface area contributed by atoms with Crippen LogP contribution in [0.1, 0.15) is 6.42 Å². The maximum absolute atomic E-state index is 12.1. The molecule has 1 atom stereocenters. The van der Waals surface area contributed by atoms with Crippen LogP contribution in [0.2, 0.25) is 5.02 Å². The van der Waals surface area contributed by atoms with E-state index in [9.17, 15) is 4.21 Å². The summed E-state index contributed by atoms with van der Waals surface area (Å²) in [7, 11) is -1.09. The van der Waals surface area contributed by atoms with Gasteiger partial charge in [0.15, 0.2) is 0 Å². The molecule has 0 amide bonds. The minimum Gasteiger partial charge on any atom is -0.494 e. The van der Waals surface area contributed by atoms with Gasteiger partial charge in [-0.15, -0.1) is 0 Å². The van der Waals surface area contributed by atoms with Crippen molar-refractivity contribution in [3.05, 3.63) is 53.6 Å². The van der Waals surface area contributed by atoms with Gasteiger partial charge in [0, 0.05) is 11.4 Å². The molecular weight excluding hydrogens is 294 g/mol. The van der Waals surface area contributed by atoms with Crippen molar-refractivity contribution in [3.63, 3.8) is 0 Å². The van der Waals surface area contributed by atoms with Crippen molar-refractivity contribution in [2.45, 2.75) is 11.3 Å². The molecule has 0 heterocycles. The Morgan fingerprint density at radius 3 is 2.50 bits per heavy atom. The molecule has 1 unspecified atom stereocenters. The van der Waals surface area contributed by atoms with Gasteiger partial charge in [-0.2, -0.15) is 0 Å². The molecule has 0 saturated carbocycles. The summed E-state index contributed by atoms with van der Waals surface area (Å²) >= 11 is 6.01. The van der Waals surface area contributed by atoms with E-state index >= 15 is 0 Å². The number of rotatable bonds is 6. The summed E-state index contributed by atoms with van der Waals surface area (Å²) in [5.41, 5.74) is 6.30. The lowest BCUT2D eigenvalue weighted by Crippen LogP contribution is -2.05. The van der Waals surface area contributed by atoms with Gasteiger partial charge in [0.25, 0.3) is 0 Å². The van der Waals surface area contributed by atoms with Crippen molar-refractivity contribution in [1.82, 2.24) is 0 Å². The molecule has 2 aromatic rings. The third-order valence-corrected chi connectivity index (χ3v) is 4.65. The number of hydrogen-bond acceptors (Lipinski definition) is 3. The van der Waals surface area contributed by atoms with Crippen LogP contribution in [0.15, 0.2) is 53.4 Å². The molecule has 3 nitrogen and oxygen atoms in total. The second kappa shape index (κ2) is 7.31. The first-order valence-corrected chi connectivity index (χ1v) is 7.98. The molecule has 0 bridgehead atoms. The van der Waals surface area contributed by atoms with Crippen LogP contribution in [0.4, 0.5) is 5.69 Å². The summed E-state index contributed by atoms with van der Waals surface area (Å²) in [6.07, 6.45) is 0.697. The highest BCUT2D eigenvalue weighted by Crippen LogP contribution is 2.19. The topological polar surface area (TPSA) is 52.3 Å². The molecule has 2 aromatic carbocycles. The Morgan fingerprint density at radius 2 is 1.80 bits per heavy atom. The molecule has 0 radical (unpaired) electrons. The fourth-order valence-corrected chi connectivity index (χ4v) is 3.19. The summed E-state index contributed by atoms with van der Waals surface area (Å²) < 4.78 is 17.6. The number of nitrogens with two attached hydrogens (primary N) is 1. The maximum Gasteiger partial charge on any atom is 0.119 e. The Bertz CT molecular complexity index is 587. The van der Waals surface area contributed by atoms with E-state index < -0.39 is 10.8 Å². The monoisotopic (exact) mass is 309 g/mol. The quantitative estimate of drug-likeness (QED) is 0.656. The molecule has 20 heavy (non-hydrogen) atoms. The molecule has 0 saturated heterocycles. The highest BCUT2D eigenvalue weighted by molar-refractivity contribution is 7.85. The van der Waals surface area contributed by atoms with Crippen LogP contribution in [-0.4, -0.2) is 16.6 Å². The van der Waals surface area contributed by atoms with Crippen molar-refractivity contribution in [3.8, 4) is 5.75 Å². The van der Waals surface area contributed by atoms with Gasteiger partial charge in [-0.25, -0.2) is 0 Å². The summed E-state index contributed by atoms with van der Waals surface area (Å²) in [5, 5.41) is 0.547. The molecule has 5 heteroatoms. The van der Waals surface area contributed by atoms with E-state index in [2.05, 4.69) is 0 Å². The second-order valence-corrected chi connectivity index (χ2v) is 6.20. The predicted molar refractivity (Wildman–Crippen MR) is 83.7 cm³/mol. The zero-order valence-corrected chi connectivity index (χ0v) is 12.5. The van der Waals surface area contributed by atoms with Crippen LogP contribution < -0.4 is 10.5 Å². The summed E-state index contributed by atoms with van der Waals surface area (Å²) in [6.45, 7) is 0.514.